The van der Waals surface area contributed by atoms with Crippen molar-refractivity contribution in [2.24, 2.45) is 11.7 Å². The summed E-state index contributed by atoms with van der Waals surface area (Å²) in [5.74, 6) is -0.488. The topological polar surface area (TPSA) is 92.9 Å². The second-order valence-electron chi connectivity index (χ2n) is 5.31. The number of morpholine rings is 1. The Morgan fingerprint density at radius 3 is 2.75 bits per heavy atom. The van der Waals surface area contributed by atoms with Crippen molar-refractivity contribution in [2.45, 2.75) is 45.1 Å². The van der Waals surface area contributed by atoms with Crippen LogP contribution in [0.1, 0.15) is 39.0 Å². The fourth-order valence-corrected chi connectivity index (χ4v) is 2.59. The van der Waals surface area contributed by atoms with Crippen LogP contribution in [0.2, 0.25) is 0 Å². The summed E-state index contributed by atoms with van der Waals surface area (Å²) in [6.07, 6.45) is 3.55. The van der Waals surface area contributed by atoms with E-state index in [1.54, 1.807) is 4.90 Å². The average molecular weight is 286 g/mol. The highest BCUT2D eigenvalue weighted by molar-refractivity contribution is 5.78. The molecular weight excluding hydrogens is 260 g/mol. The quantitative estimate of drug-likeness (QED) is 0.690. The molecule has 1 rings (SSSR count). The Balaban J connectivity index is 2.39. The Hall–Kier alpha value is -1.14. The first-order valence-corrected chi connectivity index (χ1v) is 7.40. The first kappa shape index (κ1) is 16.9. The SMILES string of the molecule is CCCC(CCN)CCC(=O)N1CCOC(C(=O)O)C1. The van der Waals surface area contributed by atoms with Gasteiger partial charge in [-0.2, -0.15) is 0 Å². The van der Waals surface area contributed by atoms with Gasteiger partial charge in [-0.05, 0) is 25.3 Å². The van der Waals surface area contributed by atoms with Crippen molar-refractivity contribution in [2.75, 3.05) is 26.2 Å². The van der Waals surface area contributed by atoms with Crippen LogP contribution in [-0.4, -0.2) is 54.2 Å². The van der Waals surface area contributed by atoms with Gasteiger partial charge in [-0.1, -0.05) is 19.8 Å². The van der Waals surface area contributed by atoms with Gasteiger partial charge in [0, 0.05) is 13.0 Å². The van der Waals surface area contributed by atoms with E-state index in [-0.39, 0.29) is 12.5 Å². The van der Waals surface area contributed by atoms with E-state index in [0.717, 1.165) is 25.7 Å². The van der Waals surface area contributed by atoms with Crippen LogP contribution in [-0.2, 0) is 14.3 Å². The lowest BCUT2D eigenvalue weighted by atomic mass is 9.94. The van der Waals surface area contributed by atoms with Crippen molar-refractivity contribution in [1.82, 2.24) is 4.90 Å². The lowest BCUT2D eigenvalue weighted by molar-refractivity contribution is -0.159. The van der Waals surface area contributed by atoms with Crippen LogP contribution in [0.15, 0.2) is 0 Å². The molecule has 0 aromatic heterocycles. The zero-order valence-electron chi connectivity index (χ0n) is 12.2. The van der Waals surface area contributed by atoms with E-state index in [1.165, 1.54) is 0 Å². The normalized spacial score (nSPS) is 20.7. The average Bonchev–Trinajstić information content (AvgIpc) is 2.45. The van der Waals surface area contributed by atoms with Gasteiger partial charge in [0.2, 0.25) is 5.91 Å². The molecule has 20 heavy (non-hydrogen) atoms. The molecule has 1 amide bonds. The summed E-state index contributed by atoms with van der Waals surface area (Å²) in [6.45, 7) is 3.72. The predicted octanol–water partition coefficient (Wildman–Crippen LogP) is 0.844. The van der Waals surface area contributed by atoms with Gasteiger partial charge in [-0.15, -0.1) is 0 Å². The lowest BCUT2D eigenvalue weighted by Crippen LogP contribution is -2.48. The van der Waals surface area contributed by atoms with Crippen molar-refractivity contribution in [3.05, 3.63) is 0 Å². The largest absolute Gasteiger partial charge is 0.479 e. The van der Waals surface area contributed by atoms with Gasteiger partial charge in [0.15, 0.2) is 6.10 Å². The van der Waals surface area contributed by atoms with Gasteiger partial charge in [-0.3, -0.25) is 4.79 Å². The molecule has 0 saturated carbocycles. The minimum absolute atomic E-state index is 0.0256. The van der Waals surface area contributed by atoms with Gasteiger partial charge in [0.05, 0.1) is 13.2 Å². The summed E-state index contributed by atoms with van der Waals surface area (Å²) >= 11 is 0. The number of nitrogens with two attached hydrogens (primary N) is 1. The van der Waals surface area contributed by atoms with Gasteiger partial charge in [-0.25, -0.2) is 4.79 Å². The van der Waals surface area contributed by atoms with Crippen molar-refractivity contribution in [3.63, 3.8) is 0 Å². The highest BCUT2D eigenvalue weighted by Gasteiger charge is 2.28. The smallest absolute Gasteiger partial charge is 0.334 e. The molecule has 3 N–H and O–H groups in total. The van der Waals surface area contributed by atoms with Crippen molar-refractivity contribution < 1.29 is 19.4 Å². The molecule has 1 aliphatic rings. The minimum Gasteiger partial charge on any atom is -0.479 e. The number of nitrogens with zero attached hydrogens (tertiary/aromatic N) is 1. The van der Waals surface area contributed by atoms with Gasteiger partial charge >= 0.3 is 5.97 Å². The molecule has 0 spiro atoms. The molecule has 6 nitrogen and oxygen atoms in total. The minimum atomic E-state index is -1.01. The van der Waals surface area contributed by atoms with E-state index < -0.39 is 12.1 Å². The standard InChI is InChI=1S/C14H26N2O4/c1-2-3-11(6-7-15)4-5-13(17)16-8-9-20-12(10-16)14(18)19/h11-12H,2-10,15H2,1H3,(H,18,19). The summed E-state index contributed by atoms with van der Waals surface area (Å²) < 4.78 is 5.11. The molecule has 0 radical (unpaired) electrons. The lowest BCUT2D eigenvalue weighted by Gasteiger charge is -2.31. The molecule has 116 valence electrons. The molecule has 0 aromatic carbocycles. The molecule has 0 aromatic rings. The molecule has 1 saturated heterocycles. The number of hydrogen-bond donors (Lipinski definition) is 2. The molecular formula is C14H26N2O4. The maximum atomic E-state index is 12.1. The van der Waals surface area contributed by atoms with Crippen molar-refractivity contribution in [3.8, 4) is 0 Å². The Morgan fingerprint density at radius 1 is 1.40 bits per heavy atom. The third kappa shape index (κ3) is 5.46. The first-order valence-electron chi connectivity index (χ1n) is 7.40. The van der Waals surface area contributed by atoms with E-state index in [4.69, 9.17) is 15.6 Å². The van der Waals surface area contributed by atoms with Crippen LogP contribution in [0.4, 0.5) is 0 Å². The third-order valence-corrected chi connectivity index (χ3v) is 3.73. The summed E-state index contributed by atoms with van der Waals surface area (Å²) in [5, 5.41) is 8.92. The highest BCUT2D eigenvalue weighted by atomic mass is 16.5. The van der Waals surface area contributed by atoms with E-state index in [9.17, 15) is 9.59 Å². The van der Waals surface area contributed by atoms with Crippen LogP contribution in [0.5, 0.6) is 0 Å². The van der Waals surface area contributed by atoms with E-state index in [1.807, 2.05) is 0 Å². The molecule has 2 atom stereocenters. The van der Waals surface area contributed by atoms with Crippen LogP contribution in [0.3, 0.4) is 0 Å². The molecule has 1 fully saturated rings. The van der Waals surface area contributed by atoms with Crippen molar-refractivity contribution >= 4 is 11.9 Å². The number of hydrogen-bond acceptors (Lipinski definition) is 4. The summed E-state index contributed by atoms with van der Waals surface area (Å²) in [6, 6.07) is 0. The Labute approximate surface area is 120 Å². The van der Waals surface area contributed by atoms with Crippen LogP contribution in [0.25, 0.3) is 0 Å². The zero-order chi connectivity index (χ0) is 15.0. The number of carbonyl (C=O) groups excluding carboxylic acids is 1. The summed E-state index contributed by atoms with van der Waals surface area (Å²) in [5.41, 5.74) is 5.58. The predicted molar refractivity (Wildman–Crippen MR) is 75.3 cm³/mol. The van der Waals surface area contributed by atoms with Crippen molar-refractivity contribution in [1.29, 1.82) is 0 Å². The summed E-state index contributed by atoms with van der Waals surface area (Å²) in [7, 11) is 0. The summed E-state index contributed by atoms with van der Waals surface area (Å²) in [4.78, 5) is 24.6. The molecule has 1 heterocycles. The number of amides is 1. The number of rotatable bonds is 8. The van der Waals surface area contributed by atoms with E-state index in [0.29, 0.717) is 32.0 Å². The number of ether oxygens (including phenoxy) is 1. The number of aliphatic carboxylic acids is 1. The number of carboxylic acid groups (broad SMARTS) is 1. The Bertz CT molecular complexity index is 316. The second kappa shape index (κ2) is 8.92. The number of carboxylic acids is 1. The highest BCUT2D eigenvalue weighted by Crippen LogP contribution is 2.18. The fourth-order valence-electron chi connectivity index (χ4n) is 2.59. The van der Waals surface area contributed by atoms with Crippen LogP contribution in [0, 0.1) is 5.92 Å². The Morgan fingerprint density at radius 2 is 2.15 bits per heavy atom. The molecule has 6 heteroatoms. The third-order valence-electron chi connectivity index (χ3n) is 3.73. The molecule has 0 bridgehead atoms. The first-order chi connectivity index (χ1) is 9.58. The monoisotopic (exact) mass is 286 g/mol. The molecule has 1 aliphatic heterocycles. The molecule has 0 aliphatic carbocycles. The van der Waals surface area contributed by atoms with E-state index >= 15 is 0 Å². The van der Waals surface area contributed by atoms with E-state index in [2.05, 4.69) is 6.92 Å². The molecule has 2 unspecified atom stereocenters. The van der Waals surface area contributed by atoms with Crippen LogP contribution < -0.4 is 5.73 Å². The second-order valence-corrected chi connectivity index (χ2v) is 5.31. The number of carbonyl (C=O) groups is 2. The fraction of sp³-hybridized carbons (Fsp3) is 0.857. The van der Waals surface area contributed by atoms with Gasteiger partial charge in [0.1, 0.15) is 0 Å². The maximum Gasteiger partial charge on any atom is 0.334 e. The Kier molecular flexibility index (Phi) is 7.54. The zero-order valence-corrected chi connectivity index (χ0v) is 12.2. The van der Waals surface area contributed by atoms with Gasteiger partial charge in [0.25, 0.3) is 0 Å². The van der Waals surface area contributed by atoms with Crippen LogP contribution >= 0.6 is 0 Å². The maximum absolute atomic E-state index is 12.1. The van der Waals surface area contributed by atoms with Gasteiger partial charge < -0.3 is 20.5 Å².